The molecule has 1 heterocycles. The maximum absolute atomic E-state index is 11.0. The number of hydrogen-bond acceptors (Lipinski definition) is 3. The lowest BCUT2D eigenvalue weighted by atomic mass is 9.91. The smallest absolute Gasteiger partial charge is 0.221 e. The van der Waals surface area contributed by atoms with Crippen LogP contribution in [-0.4, -0.2) is 43.5 Å². The number of nitrogens with two attached hydrogens (primary N) is 1. The monoisotopic (exact) mass is 227 g/mol. The number of rotatable bonds is 5. The van der Waals surface area contributed by atoms with E-state index in [9.17, 15) is 4.79 Å². The normalized spacial score (nSPS) is 26.3. The molecule has 3 atom stereocenters. The molecule has 0 radical (unpaired) electrons. The molecular formula is C12H25N3O. The van der Waals surface area contributed by atoms with Crippen LogP contribution in [0.5, 0.6) is 0 Å². The summed E-state index contributed by atoms with van der Waals surface area (Å²) in [6.45, 7) is 7.13. The molecule has 16 heavy (non-hydrogen) atoms. The van der Waals surface area contributed by atoms with Crippen LogP contribution in [-0.2, 0) is 4.79 Å². The van der Waals surface area contributed by atoms with E-state index in [1.165, 1.54) is 12.8 Å². The Kier molecular flexibility index (Phi) is 5.22. The molecule has 0 aromatic carbocycles. The van der Waals surface area contributed by atoms with Crippen molar-refractivity contribution in [3.8, 4) is 0 Å². The Morgan fingerprint density at radius 1 is 1.56 bits per heavy atom. The van der Waals surface area contributed by atoms with E-state index >= 15 is 0 Å². The van der Waals surface area contributed by atoms with Crippen LogP contribution in [0.1, 0.15) is 26.7 Å². The second-order valence-corrected chi connectivity index (χ2v) is 5.04. The lowest BCUT2D eigenvalue weighted by molar-refractivity contribution is -0.122. The Morgan fingerprint density at radius 2 is 2.25 bits per heavy atom. The van der Waals surface area contributed by atoms with Gasteiger partial charge in [-0.05, 0) is 39.3 Å². The highest BCUT2D eigenvalue weighted by atomic mass is 16.1. The average Bonchev–Trinajstić information content (AvgIpc) is 2.28. The number of carbonyl (C=O) groups is 1. The van der Waals surface area contributed by atoms with Crippen molar-refractivity contribution in [2.75, 3.05) is 26.7 Å². The van der Waals surface area contributed by atoms with Gasteiger partial charge in [0.2, 0.25) is 5.91 Å². The molecule has 0 aromatic heterocycles. The molecule has 94 valence electrons. The number of likely N-dealkylation sites (tertiary alicyclic amines) is 1. The van der Waals surface area contributed by atoms with Crippen molar-refractivity contribution in [3.63, 3.8) is 0 Å². The second kappa shape index (κ2) is 6.21. The van der Waals surface area contributed by atoms with E-state index in [0.29, 0.717) is 12.0 Å². The summed E-state index contributed by atoms with van der Waals surface area (Å²) >= 11 is 0. The van der Waals surface area contributed by atoms with Crippen LogP contribution in [0.25, 0.3) is 0 Å². The van der Waals surface area contributed by atoms with Gasteiger partial charge in [-0.2, -0.15) is 0 Å². The third-order valence-electron chi connectivity index (χ3n) is 3.72. The summed E-state index contributed by atoms with van der Waals surface area (Å²) in [5.41, 5.74) is 5.30. The summed E-state index contributed by atoms with van der Waals surface area (Å²) in [5, 5.41) is 3.31. The fraction of sp³-hybridized carbons (Fsp3) is 0.917. The molecule has 1 aliphatic heterocycles. The Morgan fingerprint density at radius 3 is 2.81 bits per heavy atom. The van der Waals surface area contributed by atoms with Gasteiger partial charge in [0.15, 0.2) is 0 Å². The van der Waals surface area contributed by atoms with Crippen molar-refractivity contribution in [3.05, 3.63) is 0 Å². The van der Waals surface area contributed by atoms with E-state index in [-0.39, 0.29) is 11.8 Å². The molecule has 4 nitrogen and oxygen atoms in total. The van der Waals surface area contributed by atoms with Gasteiger partial charge in [0.1, 0.15) is 0 Å². The molecule has 3 N–H and O–H groups in total. The molecule has 1 fully saturated rings. The third-order valence-corrected chi connectivity index (χ3v) is 3.72. The zero-order valence-corrected chi connectivity index (χ0v) is 10.7. The highest BCUT2D eigenvalue weighted by Gasteiger charge is 2.25. The van der Waals surface area contributed by atoms with E-state index in [0.717, 1.165) is 19.6 Å². The molecule has 0 bridgehead atoms. The van der Waals surface area contributed by atoms with Gasteiger partial charge in [-0.15, -0.1) is 0 Å². The van der Waals surface area contributed by atoms with Crippen LogP contribution in [0.2, 0.25) is 0 Å². The van der Waals surface area contributed by atoms with Crippen LogP contribution in [0.15, 0.2) is 0 Å². The van der Waals surface area contributed by atoms with E-state index in [1.807, 2.05) is 14.0 Å². The van der Waals surface area contributed by atoms with Crippen LogP contribution >= 0.6 is 0 Å². The first-order valence-electron chi connectivity index (χ1n) is 6.23. The number of hydrogen-bond donors (Lipinski definition) is 2. The molecular weight excluding hydrogens is 202 g/mol. The van der Waals surface area contributed by atoms with Crippen molar-refractivity contribution in [2.24, 2.45) is 17.6 Å². The van der Waals surface area contributed by atoms with Crippen molar-refractivity contribution >= 4 is 5.91 Å². The predicted molar refractivity (Wildman–Crippen MR) is 66.0 cm³/mol. The summed E-state index contributed by atoms with van der Waals surface area (Å²) in [7, 11) is 2.01. The predicted octanol–water partition coefficient (Wildman–Crippen LogP) is 0.428. The first kappa shape index (κ1) is 13.5. The molecule has 3 unspecified atom stereocenters. The third kappa shape index (κ3) is 3.76. The van der Waals surface area contributed by atoms with Gasteiger partial charge in [0.25, 0.3) is 0 Å². The van der Waals surface area contributed by atoms with Crippen LogP contribution in [0, 0.1) is 11.8 Å². The minimum absolute atomic E-state index is 0.0383. The standard InChI is InChI=1S/C12H25N3O/c1-9(12(13)16)7-15-6-4-5-11(8-15)10(2)14-3/h9-11,14H,4-8H2,1-3H3,(H2,13,16). The van der Waals surface area contributed by atoms with Crippen molar-refractivity contribution in [1.82, 2.24) is 10.2 Å². The van der Waals surface area contributed by atoms with Crippen molar-refractivity contribution < 1.29 is 4.79 Å². The average molecular weight is 227 g/mol. The number of nitrogens with one attached hydrogen (secondary N) is 1. The lowest BCUT2D eigenvalue weighted by Gasteiger charge is -2.36. The quantitative estimate of drug-likeness (QED) is 0.716. The molecule has 1 rings (SSSR count). The maximum Gasteiger partial charge on any atom is 0.221 e. The Labute approximate surface area is 98.6 Å². The van der Waals surface area contributed by atoms with Gasteiger partial charge in [0.05, 0.1) is 0 Å². The molecule has 0 saturated carbocycles. The van der Waals surface area contributed by atoms with E-state index < -0.39 is 0 Å². The summed E-state index contributed by atoms with van der Waals surface area (Å²) in [6, 6.07) is 0.548. The van der Waals surface area contributed by atoms with Gasteiger partial charge in [-0.1, -0.05) is 6.92 Å². The number of nitrogens with zero attached hydrogens (tertiary/aromatic N) is 1. The SMILES string of the molecule is CNC(C)C1CCCN(CC(C)C(N)=O)C1. The van der Waals surface area contributed by atoms with Crippen LogP contribution in [0.3, 0.4) is 0 Å². The summed E-state index contributed by atoms with van der Waals surface area (Å²) in [5.74, 6) is 0.464. The van der Waals surface area contributed by atoms with Gasteiger partial charge < -0.3 is 16.0 Å². The number of amides is 1. The van der Waals surface area contributed by atoms with Gasteiger partial charge >= 0.3 is 0 Å². The minimum Gasteiger partial charge on any atom is -0.369 e. The van der Waals surface area contributed by atoms with E-state index in [2.05, 4.69) is 17.1 Å². The van der Waals surface area contributed by atoms with Gasteiger partial charge in [-0.25, -0.2) is 0 Å². The van der Waals surface area contributed by atoms with Gasteiger partial charge in [-0.3, -0.25) is 4.79 Å². The second-order valence-electron chi connectivity index (χ2n) is 5.04. The summed E-state index contributed by atoms with van der Waals surface area (Å²) in [6.07, 6.45) is 2.51. The fourth-order valence-electron chi connectivity index (χ4n) is 2.38. The molecule has 0 aliphatic carbocycles. The Hall–Kier alpha value is -0.610. The maximum atomic E-state index is 11.0. The first-order chi connectivity index (χ1) is 7.54. The van der Waals surface area contributed by atoms with Crippen LogP contribution in [0.4, 0.5) is 0 Å². The molecule has 1 amide bonds. The van der Waals surface area contributed by atoms with E-state index in [4.69, 9.17) is 5.73 Å². The highest BCUT2D eigenvalue weighted by molar-refractivity contribution is 5.76. The zero-order chi connectivity index (χ0) is 12.1. The molecule has 1 aliphatic rings. The first-order valence-corrected chi connectivity index (χ1v) is 6.23. The molecule has 0 aromatic rings. The van der Waals surface area contributed by atoms with Gasteiger partial charge in [0, 0.05) is 25.0 Å². The number of primary amides is 1. The molecule has 4 heteroatoms. The Balaban J connectivity index is 2.41. The van der Waals surface area contributed by atoms with E-state index in [1.54, 1.807) is 0 Å². The topological polar surface area (TPSA) is 58.4 Å². The zero-order valence-electron chi connectivity index (χ0n) is 10.7. The number of piperidine rings is 1. The lowest BCUT2D eigenvalue weighted by Crippen LogP contribution is -2.46. The van der Waals surface area contributed by atoms with Crippen molar-refractivity contribution in [1.29, 1.82) is 0 Å². The summed E-state index contributed by atoms with van der Waals surface area (Å²) in [4.78, 5) is 13.4. The Bertz CT molecular complexity index is 232. The number of carbonyl (C=O) groups excluding carboxylic acids is 1. The fourth-order valence-corrected chi connectivity index (χ4v) is 2.38. The molecule has 0 spiro atoms. The summed E-state index contributed by atoms with van der Waals surface area (Å²) < 4.78 is 0. The highest BCUT2D eigenvalue weighted by Crippen LogP contribution is 2.20. The van der Waals surface area contributed by atoms with Crippen LogP contribution < -0.4 is 11.1 Å². The van der Waals surface area contributed by atoms with Crippen molar-refractivity contribution in [2.45, 2.75) is 32.7 Å². The minimum atomic E-state index is -0.191. The molecule has 1 saturated heterocycles. The largest absolute Gasteiger partial charge is 0.369 e.